The number of amides is 2. The molecule has 7 heteroatoms. The summed E-state index contributed by atoms with van der Waals surface area (Å²) in [4.78, 5) is 25.6. The fraction of sp³-hybridized carbons (Fsp3) is 0.227. The van der Waals surface area contributed by atoms with Gasteiger partial charge >= 0.3 is 0 Å². The standard InChI is InChI=1S/C22H21N3O2S2/c1-14-3-7-16(8-4-14)24-21(27)13-29-22-19(12-23)18(11-20(26)25-22)15-5-9-17(28-2)10-6-15/h3-10,18H,11,13H2,1-2H3,(H,24,27)(H,25,26)/t18-/m0/s1. The van der Waals surface area contributed by atoms with Crippen LogP contribution in [0.25, 0.3) is 0 Å². The minimum absolute atomic E-state index is 0.104. The molecule has 0 radical (unpaired) electrons. The van der Waals surface area contributed by atoms with Crippen molar-refractivity contribution < 1.29 is 9.59 Å². The molecule has 0 saturated carbocycles. The zero-order valence-corrected chi connectivity index (χ0v) is 17.8. The van der Waals surface area contributed by atoms with Crippen LogP contribution in [0.2, 0.25) is 0 Å². The van der Waals surface area contributed by atoms with Gasteiger partial charge in [-0.2, -0.15) is 5.26 Å². The maximum absolute atomic E-state index is 12.3. The molecule has 1 aliphatic heterocycles. The fourth-order valence-electron chi connectivity index (χ4n) is 3.03. The van der Waals surface area contributed by atoms with E-state index < -0.39 is 0 Å². The van der Waals surface area contributed by atoms with Crippen LogP contribution in [-0.2, 0) is 9.59 Å². The lowest BCUT2D eigenvalue weighted by atomic mass is 9.87. The van der Waals surface area contributed by atoms with Gasteiger partial charge in [0.15, 0.2) is 0 Å². The molecule has 29 heavy (non-hydrogen) atoms. The van der Waals surface area contributed by atoms with E-state index in [1.165, 1.54) is 11.8 Å². The smallest absolute Gasteiger partial charge is 0.234 e. The summed E-state index contributed by atoms with van der Waals surface area (Å²) in [6, 6.07) is 17.7. The second-order valence-corrected chi connectivity index (χ2v) is 8.50. The van der Waals surface area contributed by atoms with E-state index in [1.54, 1.807) is 11.8 Å². The second-order valence-electron chi connectivity index (χ2n) is 6.64. The van der Waals surface area contributed by atoms with Crippen molar-refractivity contribution in [2.24, 2.45) is 0 Å². The summed E-state index contributed by atoms with van der Waals surface area (Å²) < 4.78 is 0. The summed E-state index contributed by atoms with van der Waals surface area (Å²) >= 11 is 2.82. The monoisotopic (exact) mass is 423 g/mol. The summed E-state index contributed by atoms with van der Waals surface area (Å²) in [5.74, 6) is -0.534. The molecule has 0 fully saturated rings. The van der Waals surface area contributed by atoms with E-state index >= 15 is 0 Å². The lowest BCUT2D eigenvalue weighted by molar-refractivity contribution is -0.121. The SMILES string of the molecule is CSc1ccc([C@@H]2CC(=O)NC(SCC(=O)Nc3ccc(C)cc3)=C2C#N)cc1. The van der Waals surface area contributed by atoms with Crippen LogP contribution in [0.5, 0.6) is 0 Å². The first-order valence-corrected chi connectivity index (χ1v) is 11.3. The van der Waals surface area contributed by atoms with E-state index in [4.69, 9.17) is 0 Å². The van der Waals surface area contributed by atoms with Crippen LogP contribution in [-0.4, -0.2) is 23.8 Å². The average molecular weight is 424 g/mol. The average Bonchev–Trinajstić information content (AvgIpc) is 2.73. The van der Waals surface area contributed by atoms with Gasteiger partial charge < -0.3 is 10.6 Å². The molecule has 1 heterocycles. The molecular weight excluding hydrogens is 402 g/mol. The lowest BCUT2D eigenvalue weighted by Gasteiger charge is -2.25. The Morgan fingerprint density at radius 2 is 1.90 bits per heavy atom. The van der Waals surface area contributed by atoms with Gasteiger partial charge in [0, 0.05) is 22.9 Å². The lowest BCUT2D eigenvalue weighted by Crippen LogP contribution is -2.31. The van der Waals surface area contributed by atoms with Crippen LogP contribution in [0.3, 0.4) is 0 Å². The third-order valence-corrected chi connectivity index (χ3v) is 6.32. The molecule has 0 spiro atoms. The van der Waals surface area contributed by atoms with Gasteiger partial charge in [0.1, 0.15) is 0 Å². The van der Waals surface area contributed by atoms with E-state index in [0.717, 1.165) is 21.7 Å². The number of hydrogen-bond donors (Lipinski definition) is 2. The zero-order chi connectivity index (χ0) is 20.8. The number of nitrogens with zero attached hydrogens (tertiary/aromatic N) is 1. The molecule has 1 atom stereocenters. The molecule has 0 aromatic heterocycles. The van der Waals surface area contributed by atoms with E-state index in [1.807, 2.05) is 61.7 Å². The third-order valence-electron chi connectivity index (χ3n) is 4.56. The number of nitrogens with one attached hydrogen (secondary N) is 2. The topological polar surface area (TPSA) is 82.0 Å². The summed E-state index contributed by atoms with van der Waals surface area (Å²) in [6.07, 6.45) is 2.22. The Morgan fingerprint density at radius 3 is 2.52 bits per heavy atom. The predicted molar refractivity (Wildman–Crippen MR) is 119 cm³/mol. The molecule has 2 N–H and O–H groups in total. The van der Waals surface area contributed by atoms with Crippen LogP contribution in [0, 0.1) is 18.3 Å². The van der Waals surface area contributed by atoms with Crippen LogP contribution >= 0.6 is 23.5 Å². The maximum atomic E-state index is 12.3. The Kier molecular flexibility index (Phi) is 7.02. The minimum Gasteiger partial charge on any atom is -0.325 e. The van der Waals surface area contributed by atoms with Gasteiger partial charge in [-0.3, -0.25) is 9.59 Å². The number of allylic oxidation sites excluding steroid dienone is 1. The highest BCUT2D eigenvalue weighted by atomic mass is 32.2. The Bertz CT molecular complexity index is 977. The Morgan fingerprint density at radius 1 is 1.21 bits per heavy atom. The van der Waals surface area contributed by atoms with E-state index in [9.17, 15) is 14.9 Å². The van der Waals surface area contributed by atoms with Gasteiger partial charge in [0.05, 0.1) is 22.4 Å². The van der Waals surface area contributed by atoms with Crippen LogP contribution in [0.1, 0.15) is 23.5 Å². The van der Waals surface area contributed by atoms with Gasteiger partial charge in [0.2, 0.25) is 11.8 Å². The maximum Gasteiger partial charge on any atom is 0.234 e. The molecule has 3 rings (SSSR count). The zero-order valence-electron chi connectivity index (χ0n) is 16.2. The summed E-state index contributed by atoms with van der Waals surface area (Å²) in [7, 11) is 0. The van der Waals surface area contributed by atoms with Gasteiger partial charge in [0.25, 0.3) is 0 Å². The number of benzene rings is 2. The first-order valence-electron chi connectivity index (χ1n) is 9.07. The molecular formula is C22H21N3O2S2. The van der Waals surface area contributed by atoms with Gasteiger partial charge in [-0.05, 0) is 43.0 Å². The summed E-state index contributed by atoms with van der Waals surface area (Å²) in [6.45, 7) is 1.98. The molecule has 0 aliphatic carbocycles. The molecule has 2 amide bonds. The molecule has 0 saturated heterocycles. The first kappa shape index (κ1) is 21.0. The van der Waals surface area contributed by atoms with Crippen molar-refractivity contribution in [2.45, 2.75) is 24.2 Å². The van der Waals surface area contributed by atoms with Gasteiger partial charge in [-0.1, -0.05) is 41.6 Å². The number of carbonyl (C=O) groups is 2. The molecule has 2 aromatic carbocycles. The number of hydrogen-bond acceptors (Lipinski definition) is 5. The minimum atomic E-state index is -0.299. The van der Waals surface area contributed by atoms with Crippen molar-refractivity contribution in [2.75, 3.05) is 17.3 Å². The summed E-state index contributed by atoms with van der Waals surface area (Å²) in [5.41, 5.74) is 3.25. The van der Waals surface area contributed by atoms with E-state index in [2.05, 4.69) is 16.7 Å². The van der Waals surface area contributed by atoms with E-state index in [-0.39, 0.29) is 29.9 Å². The Balaban J connectivity index is 1.73. The Hall–Kier alpha value is -2.69. The molecule has 0 unspecified atom stereocenters. The van der Waals surface area contributed by atoms with E-state index in [0.29, 0.717) is 10.6 Å². The van der Waals surface area contributed by atoms with Crippen molar-refractivity contribution in [1.82, 2.24) is 5.32 Å². The highest BCUT2D eigenvalue weighted by molar-refractivity contribution is 8.03. The fourth-order valence-corrected chi connectivity index (χ4v) is 4.31. The van der Waals surface area contributed by atoms with Crippen molar-refractivity contribution >= 4 is 41.0 Å². The predicted octanol–water partition coefficient (Wildman–Crippen LogP) is 4.43. The molecule has 0 bridgehead atoms. The number of aryl methyl sites for hydroxylation is 1. The highest BCUT2D eigenvalue weighted by Gasteiger charge is 2.29. The number of thioether (sulfide) groups is 2. The Labute approximate surface area is 179 Å². The molecule has 1 aliphatic rings. The second kappa shape index (κ2) is 9.68. The van der Waals surface area contributed by atoms with Crippen LogP contribution < -0.4 is 10.6 Å². The number of anilines is 1. The molecule has 148 valence electrons. The van der Waals surface area contributed by atoms with Gasteiger partial charge in [-0.25, -0.2) is 0 Å². The van der Waals surface area contributed by atoms with Crippen LogP contribution in [0.15, 0.2) is 64.0 Å². The third kappa shape index (κ3) is 5.43. The molecule has 5 nitrogen and oxygen atoms in total. The quantitative estimate of drug-likeness (QED) is 0.672. The van der Waals surface area contributed by atoms with Crippen molar-refractivity contribution in [3.05, 3.63) is 70.3 Å². The largest absolute Gasteiger partial charge is 0.325 e. The number of carbonyl (C=O) groups excluding carboxylic acids is 2. The van der Waals surface area contributed by atoms with Crippen LogP contribution in [0.4, 0.5) is 5.69 Å². The number of rotatable bonds is 6. The molecule has 2 aromatic rings. The van der Waals surface area contributed by atoms with Crippen molar-refractivity contribution in [3.8, 4) is 6.07 Å². The van der Waals surface area contributed by atoms with Crippen molar-refractivity contribution in [1.29, 1.82) is 5.26 Å². The summed E-state index contributed by atoms with van der Waals surface area (Å²) in [5, 5.41) is 15.8. The highest BCUT2D eigenvalue weighted by Crippen LogP contribution is 2.36. The van der Waals surface area contributed by atoms with Crippen molar-refractivity contribution in [3.63, 3.8) is 0 Å². The van der Waals surface area contributed by atoms with Gasteiger partial charge in [-0.15, -0.1) is 11.8 Å². The number of nitriles is 1. The normalized spacial score (nSPS) is 16.2. The first-order chi connectivity index (χ1) is 14.0.